The molecule has 0 fully saturated rings. The van der Waals surface area contributed by atoms with Crippen molar-refractivity contribution < 1.29 is 13.2 Å². The van der Waals surface area contributed by atoms with Crippen LogP contribution in [0.25, 0.3) is 0 Å². The molecular weight excluding hydrogens is 360 g/mol. The molecule has 0 aliphatic carbocycles. The van der Waals surface area contributed by atoms with Gasteiger partial charge in [-0.2, -0.15) is 0 Å². The Hall–Kier alpha value is -1.60. The SMILES string of the molecule is COc1ccc(C(CNS(=O)(=O)Cc2ccccc2Cl)N(C)C)cc1. The van der Waals surface area contributed by atoms with Crippen LogP contribution in [0.3, 0.4) is 0 Å². The van der Waals surface area contributed by atoms with Crippen LogP contribution in [0.1, 0.15) is 17.2 Å². The number of hydrogen-bond acceptors (Lipinski definition) is 4. The molecule has 1 unspecified atom stereocenters. The predicted octanol–water partition coefficient (Wildman–Crippen LogP) is 3.07. The zero-order valence-electron chi connectivity index (χ0n) is 14.6. The highest BCUT2D eigenvalue weighted by Crippen LogP contribution is 2.22. The number of hydrogen-bond donors (Lipinski definition) is 1. The Morgan fingerprint density at radius 1 is 1.12 bits per heavy atom. The average molecular weight is 383 g/mol. The van der Waals surface area contributed by atoms with Gasteiger partial charge in [0.05, 0.1) is 12.9 Å². The molecule has 2 aromatic carbocycles. The number of sulfonamides is 1. The first-order valence-electron chi connectivity index (χ1n) is 7.83. The van der Waals surface area contributed by atoms with Crippen molar-refractivity contribution in [3.8, 4) is 5.75 Å². The smallest absolute Gasteiger partial charge is 0.215 e. The minimum absolute atomic E-state index is 0.0908. The van der Waals surface area contributed by atoms with Crippen molar-refractivity contribution in [2.75, 3.05) is 27.7 Å². The van der Waals surface area contributed by atoms with Crippen molar-refractivity contribution in [1.29, 1.82) is 0 Å². The Kier molecular flexibility index (Phi) is 6.84. The van der Waals surface area contributed by atoms with Gasteiger partial charge in [0, 0.05) is 17.6 Å². The second kappa shape index (κ2) is 8.67. The van der Waals surface area contributed by atoms with E-state index in [9.17, 15) is 8.42 Å². The minimum Gasteiger partial charge on any atom is -0.497 e. The summed E-state index contributed by atoms with van der Waals surface area (Å²) in [6.07, 6.45) is 0. The molecule has 0 radical (unpaired) electrons. The maximum atomic E-state index is 12.4. The van der Waals surface area contributed by atoms with Crippen molar-refractivity contribution in [1.82, 2.24) is 9.62 Å². The maximum absolute atomic E-state index is 12.4. The molecule has 0 aliphatic heterocycles. The first-order valence-corrected chi connectivity index (χ1v) is 9.86. The molecule has 0 saturated heterocycles. The molecule has 2 rings (SSSR count). The van der Waals surface area contributed by atoms with Gasteiger partial charge < -0.3 is 9.64 Å². The van der Waals surface area contributed by atoms with E-state index in [1.165, 1.54) is 0 Å². The maximum Gasteiger partial charge on any atom is 0.215 e. The van der Waals surface area contributed by atoms with E-state index < -0.39 is 10.0 Å². The summed E-state index contributed by atoms with van der Waals surface area (Å²) in [5.41, 5.74) is 1.59. The van der Waals surface area contributed by atoms with Crippen LogP contribution in [0.5, 0.6) is 5.75 Å². The fourth-order valence-corrected chi connectivity index (χ4v) is 3.96. The molecule has 0 amide bonds. The summed E-state index contributed by atoms with van der Waals surface area (Å²) >= 11 is 6.06. The number of nitrogens with one attached hydrogen (secondary N) is 1. The normalized spacial score (nSPS) is 13.0. The standard InChI is InChI=1S/C18H23ClN2O3S/c1-21(2)18(14-8-10-16(24-3)11-9-14)12-20-25(22,23)13-15-6-4-5-7-17(15)19/h4-11,18,20H,12-13H2,1-3H3. The number of methoxy groups -OCH3 is 1. The van der Waals surface area contributed by atoms with Gasteiger partial charge in [-0.3, -0.25) is 0 Å². The largest absolute Gasteiger partial charge is 0.497 e. The lowest BCUT2D eigenvalue weighted by atomic mass is 10.1. The van der Waals surface area contributed by atoms with E-state index in [1.807, 2.05) is 43.3 Å². The number of nitrogens with zero attached hydrogens (tertiary/aromatic N) is 1. The van der Waals surface area contributed by atoms with Gasteiger partial charge in [0.25, 0.3) is 0 Å². The Morgan fingerprint density at radius 2 is 1.76 bits per heavy atom. The van der Waals surface area contributed by atoms with Gasteiger partial charge in [0.1, 0.15) is 5.75 Å². The molecule has 7 heteroatoms. The third-order valence-electron chi connectivity index (χ3n) is 3.92. The number of ether oxygens (including phenoxy) is 1. The van der Waals surface area contributed by atoms with Crippen molar-refractivity contribution in [3.05, 3.63) is 64.7 Å². The average Bonchev–Trinajstić information content (AvgIpc) is 2.57. The fraction of sp³-hybridized carbons (Fsp3) is 0.333. The molecule has 5 nitrogen and oxygen atoms in total. The summed E-state index contributed by atoms with van der Waals surface area (Å²) in [6.45, 7) is 0.270. The van der Waals surface area contributed by atoms with Crippen LogP contribution in [-0.4, -0.2) is 41.1 Å². The minimum atomic E-state index is -3.49. The van der Waals surface area contributed by atoms with Gasteiger partial charge in [-0.05, 0) is 43.4 Å². The lowest BCUT2D eigenvalue weighted by molar-refractivity contribution is 0.299. The summed E-state index contributed by atoms with van der Waals surface area (Å²) in [5, 5.41) is 0.451. The Bertz CT molecular complexity index is 792. The highest BCUT2D eigenvalue weighted by molar-refractivity contribution is 7.88. The Morgan fingerprint density at radius 3 is 2.32 bits per heavy atom. The molecule has 1 N–H and O–H groups in total. The van der Waals surface area contributed by atoms with E-state index in [-0.39, 0.29) is 18.3 Å². The summed E-state index contributed by atoms with van der Waals surface area (Å²) in [5.74, 6) is 0.621. The molecule has 1 atom stereocenters. The van der Waals surface area contributed by atoms with Crippen molar-refractivity contribution in [2.24, 2.45) is 0 Å². The topological polar surface area (TPSA) is 58.6 Å². The highest BCUT2D eigenvalue weighted by Gasteiger charge is 2.19. The number of benzene rings is 2. The van der Waals surface area contributed by atoms with Crippen LogP contribution in [0, 0.1) is 0 Å². The number of likely N-dealkylation sites (N-methyl/N-ethyl adjacent to an activating group) is 1. The first kappa shape index (κ1) is 19.7. The Balaban J connectivity index is 2.08. The molecule has 0 aromatic heterocycles. The van der Waals surface area contributed by atoms with E-state index in [2.05, 4.69) is 4.72 Å². The van der Waals surface area contributed by atoms with E-state index in [4.69, 9.17) is 16.3 Å². The van der Waals surface area contributed by atoms with Crippen molar-refractivity contribution in [2.45, 2.75) is 11.8 Å². The molecular formula is C18H23ClN2O3S. The summed E-state index contributed by atoms with van der Waals surface area (Å²) in [6, 6.07) is 14.5. The zero-order chi connectivity index (χ0) is 18.4. The predicted molar refractivity (Wildman–Crippen MR) is 102 cm³/mol. The van der Waals surface area contributed by atoms with Gasteiger partial charge in [-0.25, -0.2) is 13.1 Å². The number of halogens is 1. The Labute approximate surface area is 154 Å². The summed E-state index contributed by atoms with van der Waals surface area (Å²) in [4.78, 5) is 1.97. The van der Waals surface area contributed by atoms with Crippen LogP contribution in [0.2, 0.25) is 5.02 Å². The van der Waals surface area contributed by atoms with E-state index in [0.29, 0.717) is 10.6 Å². The lowest BCUT2D eigenvalue weighted by Crippen LogP contribution is -2.35. The van der Waals surface area contributed by atoms with Crippen LogP contribution in [0.4, 0.5) is 0 Å². The quantitative estimate of drug-likeness (QED) is 0.762. The zero-order valence-corrected chi connectivity index (χ0v) is 16.1. The monoisotopic (exact) mass is 382 g/mol. The van der Waals surface area contributed by atoms with Crippen LogP contribution in [0.15, 0.2) is 48.5 Å². The molecule has 0 bridgehead atoms. The van der Waals surface area contributed by atoms with Crippen molar-refractivity contribution in [3.63, 3.8) is 0 Å². The molecule has 2 aromatic rings. The van der Waals surface area contributed by atoms with Crippen LogP contribution >= 0.6 is 11.6 Å². The van der Waals surface area contributed by atoms with Gasteiger partial charge in [0.2, 0.25) is 10.0 Å². The molecule has 0 spiro atoms. The third kappa shape index (κ3) is 5.71. The molecule has 0 aliphatic rings. The van der Waals surface area contributed by atoms with Gasteiger partial charge in [0.15, 0.2) is 0 Å². The second-order valence-electron chi connectivity index (χ2n) is 5.95. The summed E-state index contributed by atoms with van der Waals surface area (Å²) < 4.78 is 32.7. The summed E-state index contributed by atoms with van der Waals surface area (Å²) in [7, 11) is 1.95. The molecule has 25 heavy (non-hydrogen) atoms. The third-order valence-corrected chi connectivity index (χ3v) is 5.59. The molecule has 0 heterocycles. The van der Waals surface area contributed by atoms with Gasteiger partial charge in [-0.1, -0.05) is 41.9 Å². The first-order chi connectivity index (χ1) is 11.8. The van der Waals surface area contributed by atoms with E-state index in [1.54, 1.807) is 31.4 Å². The molecule has 0 saturated carbocycles. The second-order valence-corrected chi connectivity index (χ2v) is 8.17. The number of rotatable bonds is 8. The van der Waals surface area contributed by atoms with E-state index >= 15 is 0 Å². The van der Waals surface area contributed by atoms with Crippen LogP contribution in [-0.2, 0) is 15.8 Å². The lowest BCUT2D eigenvalue weighted by Gasteiger charge is -2.25. The van der Waals surface area contributed by atoms with Gasteiger partial charge >= 0.3 is 0 Å². The molecule has 136 valence electrons. The van der Waals surface area contributed by atoms with Crippen LogP contribution < -0.4 is 9.46 Å². The van der Waals surface area contributed by atoms with Gasteiger partial charge in [-0.15, -0.1) is 0 Å². The fourth-order valence-electron chi connectivity index (χ4n) is 2.50. The highest BCUT2D eigenvalue weighted by atomic mass is 35.5. The van der Waals surface area contributed by atoms with Crippen molar-refractivity contribution >= 4 is 21.6 Å². The van der Waals surface area contributed by atoms with E-state index in [0.717, 1.165) is 11.3 Å².